The van der Waals surface area contributed by atoms with Crippen molar-refractivity contribution in [3.8, 4) is 17.2 Å². The molecule has 0 aromatic heterocycles. The van der Waals surface area contributed by atoms with E-state index in [1.165, 1.54) is 13.2 Å². The van der Waals surface area contributed by atoms with Crippen LogP contribution in [0.4, 0.5) is 0 Å². The van der Waals surface area contributed by atoms with Crippen molar-refractivity contribution in [3.05, 3.63) is 17.7 Å². The summed E-state index contributed by atoms with van der Waals surface area (Å²) < 4.78 is 9.79. The van der Waals surface area contributed by atoms with Gasteiger partial charge in [0.15, 0.2) is 11.5 Å². The van der Waals surface area contributed by atoms with Gasteiger partial charge in [0.25, 0.3) is 0 Å². The van der Waals surface area contributed by atoms with E-state index in [-0.39, 0.29) is 23.9 Å². The molecule has 13 heavy (non-hydrogen) atoms. The number of aromatic hydroxyl groups is 1. The molecule has 0 saturated carbocycles. The molecule has 1 aromatic carbocycles. The summed E-state index contributed by atoms with van der Waals surface area (Å²) in [6.07, 6.45) is 0.242. The van der Waals surface area contributed by atoms with Crippen LogP contribution in [0.15, 0.2) is 12.1 Å². The third-order valence-corrected chi connectivity index (χ3v) is 1.93. The smallest absolute Gasteiger partial charge is 0.315 e. The van der Waals surface area contributed by atoms with Crippen LogP contribution in [-0.2, 0) is 11.2 Å². The fraction of sp³-hybridized carbons (Fsp3) is 0.222. The molecule has 0 unspecified atom stereocenters. The maximum atomic E-state index is 10.9. The lowest BCUT2D eigenvalue weighted by atomic mass is 10.1. The second-order valence-electron chi connectivity index (χ2n) is 2.76. The second kappa shape index (κ2) is 2.65. The number of hydrogen-bond acceptors (Lipinski definition) is 4. The first-order valence-electron chi connectivity index (χ1n) is 3.82. The quantitative estimate of drug-likeness (QED) is 0.514. The lowest BCUT2D eigenvalue weighted by molar-refractivity contribution is -0.131. The van der Waals surface area contributed by atoms with Gasteiger partial charge in [0.2, 0.25) is 5.75 Å². The van der Waals surface area contributed by atoms with Crippen LogP contribution in [0.5, 0.6) is 17.2 Å². The van der Waals surface area contributed by atoms with Gasteiger partial charge in [0.05, 0.1) is 13.5 Å². The van der Waals surface area contributed by atoms with E-state index in [0.717, 1.165) is 5.56 Å². The maximum absolute atomic E-state index is 10.9. The van der Waals surface area contributed by atoms with Gasteiger partial charge in [-0.25, -0.2) is 0 Å². The molecule has 1 aromatic rings. The van der Waals surface area contributed by atoms with Gasteiger partial charge in [-0.2, -0.15) is 0 Å². The molecular formula is C9H8O4. The van der Waals surface area contributed by atoms with Crippen molar-refractivity contribution in [2.75, 3.05) is 7.11 Å². The van der Waals surface area contributed by atoms with Crippen molar-refractivity contribution >= 4 is 5.97 Å². The van der Waals surface area contributed by atoms with E-state index >= 15 is 0 Å². The van der Waals surface area contributed by atoms with E-state index in [2.05, 4.69) is 0 Å². The summed E-state index contributed by atoms with van der Waals surface area (Å²) >= 11 is 0. The normalized spacial score (nSPS) is 13.8. The number of esters is 1. The third-order valence-electron chi connectivity index (χ3n) is 1.93. The zero-order valence-corrected chi connectivity index (χ0v) is 7.03. The van der Waals surface area contributed by atoms with Crippen LogP contribution >= 0.6 is 0 Å². The molecule has 0 saturated heterocycles. The van der Waals surface area contributed by atoms with Crippen LogP contribution in [0.1, 0.15) is 5.56 Å². The van der Waals surface area contributed by atoms with Gasteiger partial charge < -0.3 is 14.6 Å². The van der Waals surface area contributed by atoms with Crippen molar-refractivity contribution in [1.82, 2.24) is 0 Å². The molecule has 0 radical (unpaired) electrons. The summed E-state index contributed by atoms with van der Waals surface area (Å²) in [6.45, 7) is 0. The van der Waals surface area contributed by atoms with Crippen LogP contribution in [0.2, 0.25) is 0 Å². The summed E-state index contributed by atoms with van der Waals surface area (Å²) in [5.41, 5.74) is 0.750. The molecule has 0 bridgehead atoms. The highest BCUT2D eigenvalue weighted by Crippen LogP contribution is 2.42. The largest absolute Gasteiger partial charge is 0.504 e. The Morgan fingerprint density at radius 2 is 2.31 bits per heavy atom. The number of benzene rings is 1. The lowest BCUT2D eigenvalue weighted by Gasteiger charge is -2.06. The van der Waals surface area contributed by atoms with E-state index in [9.17, 15) is 9.90 Å². The highest BCUT2D eigenvalue weighted by atomic mass is 16.6. The average Bonchev–Trinajstić information content (AvgIpc) is 2.45. The van der Waals surface area contributed by atoms with Crippen molar-refractivity contribution in [3.63, 3.8) is 0 Å². The number of fused-ring (bicyclic) bond motifs is 1. The predicted molar refractivity (Wildman–Crippen MR) is 44.0 cm³/mol. The van der Waals surface area contributed by atoms with Gasteiger partial charge in [-0.05, 0) is 6.07 Å². The number of phenolic OH excluding ortho intramolecular Hbond substituents is 1. The summed E-state index contributed by atoms with van der Waals surface area (Å²) in [4.78, 5) is 10.9. The standard InChI is InChI=1S/C9H8O4/c1-12-9-6(10)3-2-5-4-7(11)13-8(5)9/h2-3,10H,4H2,1H3. The van der Waals surface area contributed by atoms with Crippen molar-refractivity contribution in [2.45, 2.75) is 6.42 Å². The zero-order valence-electron chi connectivity index (χ0n) is 7.03. The van der Waals surface area contributed by atoms with Crippen molar-refractivity contribution in [2.24, 2.45) is 0 Å². The molecule has 4 nitrogen and oxygen atoms in total. The van der Waals surface area contributed by atoms with E-state index in [1.807, 2.05) is 0 Å². The summed E-state index contributed by atoms with van der Waals surface area (Å²) in [7, 11) is 1.42. The summed E-state index contributed by atoms with van der Waals surface area (Å²) in [5, 5.41) is 9.34. The SMILES string of the molecule is COc1c(O)ccc2c1OC(=O)C2. The van der Waals surface area contributed by atoms with Crippen LogP contribution < -0.4 is 9.47 Å². The number of phenols is 1. The topological polar surface area (TPSA) is 55.8 Å². The Morgan fingerprint density at radius 1 is 1.54 bits per heavy atom. The minimum absolute atomic E-state index is 0.0176. The molecule has 0 amide bonds. The van der Waals surface area contributed by atoms with Crippen molar-refractivity contribution < 1.29 is 19.4 Å². The molecule has 4 heteroatoms. The Kier molecular flexibility index (Phi) is 1.62. The molecule has 2 rings (SSSR count). The minimum Gasteiger partial charge on any atom is -0.504 e. The van der Waals surface area contributed by atoms with E-state index in [4.69, 9.17) is 9.47 Å². The fourth-order valence-corrected chi connectivity index (χ4v) is 1.35. The molecule has 0 atom stereocenters. The predicted octanol–water partition coefficient (Wildman–Crippen LogP) is 0.862. The fourth-order valence-electron chi connectivity index (χ4n) is 1.35. The highest BCUT2D eigenvalue weighted by Gasteiger charge is 2.25. The van der Waals surface area contributed by atoms with Gasteiger partial charge >= 0.3 is 5.97 Å². The van der Waals surface area contributed by atoms with Gasteiger partial charge in [-0.1, -0.05) is 6.07 Å². The second-order valence-corrected chi connectivity index (χ2v) is 2.76. The molecule has 0 fully saturated rings. The number of carbonyl (C=O) groups excluding carboxylic acids is 1. The molecule has 1 aliphatic rings. The van der Waals surface area contributed by atoms with Crippen LogP contribution in [0.25, 0.3) is 0 Å². The average molecular weight is 180 g/mol. The lowest BCUT2D eigenvalue weighted by Crippen LogP contribution is -2.00. The Balaban J connectivity index is 2.58. The monoisotopic (exact) mass is 180 g/mol. The molecule has 1 N–H and O–H groups in total. The Bertz CT molecular complexity index is 370. The Labute approximate surface area is 74.7 Å². The van der Waals surface area contributed by atoms with Gasteiger partial charge in [-0.15, -0.1) is 0 Å². The Hall–Kier alpha value is -1.71. The molecule has 68 valence electrons. The third kappa shape index (κ3) is 1.11. The van der Waals surface area contributed by atoms with Crippen LogP contribution in [0, 0.1) is 0 Å². The van der Waals surface area contributed by atoms with Gasteiger partial charge in [0.1, 0.15) is 0 Å². The molecule has 1 heterocycles. The highest BCUT2D eigenvalue weighted by molar-refractivity contribution is 5.83. The number of hydrogen-bond donors (Lipinski definition) is 1. The number of ether oxygens (including phenoxy) is 2. The van der Waals surface area contributed by atoms with Crippen LogP contribution in [-0.4, -0.2) is 18.2 Å². The first-order chi connectivity index (χ1) is 6.22. The first kappa shape index (κ1) is 7.91. The van der Waals surface area contributed by atoms with Crippen LogP contribution in [0.3, 0.4) is 0 Å². The minimum atomic E-state index is -0.320. The first-order valence-corrected chi connectivity index (χ1v) is 3.82. The maximum Gasteiger partial charge on any atom is 0.315 e. The molecule has 1 aliphatic heterocycles. The number of rotatable bonds is 1. The molecule has 0 aliphatic carbocycles. The zero-order chi connectivity index (χ0) is 9.42. The van der Waals surface area contributed by atoms with Gasteiger partial charge in [-0.3, -0.25) is 4.79 Å². The van der Waals surface area contributed by atoms with Crippen molar-refractivity contribution in [1.29, 1.82) is 0 Å². The van der Waals surface area contributed by atoms with E-state index < -0.39 is 0 Å². The summed E-state index contributed by atoms with van der Waals surface area (Å²) in [6, 6.07) is 3.14. The van der Waals surface area contributed by atoms with E-state index in [1.54, 1.807) is 6.07 Å². The molecular weight excluding hydrogens is 172 g/mol. The number of carbonyl (C=O) groups is 1. The molecule has 0 spiro atoms. The number of methoxy groups -OCH3 is 1. The van der Waals surface area contributed by atoms with E-state index in [0.29, 0.717) is 5.75 Å². The summed E-state index contributed by atoms with van der Waals surface area (Å²) in [5.74, 6) is 0.228. The van der Waals surface area contributed by atoms with Gasteiger partial charge in [0, 0.05) is 5.56 Å². The Morgan fingerprint density at radius 3 is 3.00 bits per heavy atom.